The molecule has 1 aliphatic rings. The third kappa shape index (κ3) is 2.37. The van der Waals surface area contributed by atoms with Gasteiger partial charge in [-0.3, -0.25) is 0 Å². The van der Waals surface area contributed by atoms with Crippen LogP contribution in [0.2, 0.25) is 0 Å². The highest BCUT2D eigenvalue weighted by Gasteiger charge is 2.24. The van der Waals surface area contributed by atoms with Crippen LogP contribution in [0.15, 0.2) is 121 Å². The monoisotopic (exact) mass is 428 g/mol. The van der Waals surface area contributed by atoms with Gasteiger partial charge in [-0.1, -0.05) is 91.0 Å². The van der Waals surface area contributed by atoms with Gasteiger partial charge in [0.25, 0.3) is 0 Å². The van der Waals surface area contributed by atoms with Gasteiger partial charge in [0.2, 0.25) is 0 Å². The lowest BCUT2D eigenvalue weighted by Gasteiger charge is -2.12. The van der Waals surface area contributed by atoms with Crippen LogP contribution in [0.25, 0.3) is 76.5 Å². The van der Waals surface area contributed by atoms with E-state index in [1.54, 1.807) is 0 Å². The van der Waals surface area contributed by atoms with E-state index in [9.17, 15) is 0 Å². The maximum atomic E-state index is 2.41. The molecule has 0 fully saturated rings. The second-order valence-corrected chi connectivity index (χ2v) is 9.37. The summed E-state index contributed by atoms with van der Waals surface area (Å²) in [6.07, 6.45) is 0. The molecule has 1 aliphatic carbocycles. The SMILES string of the molecule is c1ccc(-c2cccc3cc4c5c(cccc5c23)-c2cc3cc5ccccc5cc3cc2-4)cc1. The van der Waals surface area contributed by atoms with Crippen molar-refractivity contribution in [3.05, 3.63) is 121 Å². The number of hydrogen-bond acceptors (Lipinski definition) is 0. The van der Waals surface area contributed by atoms with Crippen LogP contribution in [0.1, 0.15) is 0 Å². The molecular formula is C34H20. The molecule has 0 atom stereocenters. The number of fused-ring (bicyclic) bond motifs is 7. The van der Waals surface area contributed by atoms with Crippen LogP contribution >= 0.6 is 0 Å². The van der Waals surface area contributed by atoms with Gasteiger partial charge in [-0.15, -0.1) is 0 Å². The minimum Gasteiger partial charge on any atom is -0.0622 e. The van der Waals surface area contributed by atoms with Crippen molar-refractivity contribution in [1.29, 1.82) is 0 Å². The van der Waals surface area contributed by atoms with Gasteiger partial charge in [-0.2, -0.15) is 0 Å². The smallest absolute Gasteiger partial charge is 0.00197 e. The fourth-order valence-electron chi connectivity index (χ4n) is 6.00. The fourth-order valence-corrected chi connectivity index (χ4v) is 6.00. The fraction of sp³-hybridized carbons (Fsp3) is 0. The van der Waals surface area contributed by atoms with Crippen molar-refractivity contribution in [3.8, 4) is 33.4 Å². The topological polar surface area (TPSA) is 0 Å². The van der Waals surface area contributed by atoms with Crippen LogP contribution in [-0.2, 0) is 0 Å². The molecule has 0 N–H and O–H groups in total. The van der Waals surface area contributed by atoms with E-state index in [2.05, 4.69) is 121 Å². The van der Waals surface area contributed by atoms with E-state index in [1.165, 1.54) is 76.5 Å². The highest BCUT2D eigenvalue weighted by molar-refractivity contribution is 6.27. The van der Waals surface area contributed by atoms with E-state index in [0.717, 1.165) is 0 Å². The van der Waals surface area contributed by atoms with Crippen molar-refractivity contribution >= 4 is 43.1 Å². The molecule has 7 aromatic carbocycles. The predicted molar refractivity (Wildman–Crippen MR) is 146 cm³/mol. The van der Waals surface area contributed by atoms with Crippen LogP contribution in [0.4, 0.5) is 0 Å². The molecule has 34 heavy (non-hydrogen) atoms. The zero-order valence-corrected chi connectivity index (χ0v) is 18.5. The Morgan fingerprint density at radius 3 is 1.65 bits per heavy atom. The third-order valence-corrected chi connectivity index (χ3v) is 7.51. The molecule has 0 heterocycles. The molecule has 0 aliphatic heterocycles. The molecule has 8 rings (SSSR count). The summed E-state index contributed by atoms with van der Waals surface area (Å²) < 4.78 is 0. The van der Waals surface area contributed by atoms with Gasteiger partial charge in [0, 0.05) is 0 Å². The quantitative estimate of drug-likeness (QED) is 0.180. The first-order valence-electron chi connectivity index (χ1n) is 11.9. The maximum absolute atomic E-state index is 2.41. The van der Waals surface area contributed by atoms with Gasteiger partial charge in [-0.05, 0) is 107 Å². The molecular weight excluding hydrogens is 408 g/mol. The molecule has 0 amide bonds. The molecule has 0 radical (unpaired) electrons. The van der Waals surface area contributed by atoms with Crippen LogP contribution in [0, 0.1) is 0 Å². The Bertz CT molecular complexity index is 1940. The standard InChI is InChI=1S/C34H20/c1-2-8-21(9-3-1)27-13-6-12-24-18-32-31-20-26-17-23-11-5-4-10-22(23)16-25(26)19-30(31)28-14-7-15-29(33(24)27)34(28)32/h1-20H. The summed E-state index contributed by atoms with van der Waals surface area (Å²) in [5.74, 6) is 0. The average molecular weight is 429 g/mol. The molecule has 0 spiro atoms. The predicted octanol–water partition coefficient (Wildman–Crippen LogP) is 9.61. The summed E-state index contributed by atoms with van der Waals surface area (Å²) in [5, 5.41) is 10.6. The zero-order chi connectivity index (χ0) is 22.2. The number of benzene rings is 7. The zero-order valence-electron chi connectivity index (χ0n) is 18.5. The first-order valence-corrected chi connectivity index (χ1v) is 11.9. The molecule has 0 saturated heterocycles. The Balaban J connectivity index is 1.50. The Hall–Kier alpha value is -4.42. The Morgan fingerprint density at radius 2 is 0.882 bits per heavy atom. The summed E-state index contributed by atoms with van der Waals surface area (Å²) in [6, 6.07) is 44.8. The van der Waals surface area contributed by atoms with Crippen LogP contribution in [0.3, 0.4) is 0 Å². The molecule has 0 nitrogen and oxygen atoms in total. The van der Waals surface area contributed by atoms with Gasteiger partial charge in [0.1, 0.15) is 0 Å². The minimum absolute atomic E-state index is 1.27. The summed E-state index contributed by atoms with van der Waals surface area (Å²) in [4.78, 5) is 0. The van der Waals surface area contributed by atoms with Gasteiger partial charge in [0.15, 0.2) is 0 Å². The van der Waals surface area contributed by atoms with E-state index in [-0.39, 0.29) is 0 Å². The van der Waals surface area contributed by atoms with Crippen molar-refractivity contribution in [2.24, 2.45) is 0 Å². The number of rotatable bonds is 1. The third-order valence-electron chi connectivity index (χ3n) is 7.51. The molecule has 0 saturated carbocycles. The van der Waals surface area contributed by atoms with Crippen molar-refractivity contribution in [1.82, 2.24) is 0 Å². The normalized spacial score (nSPS) is 12.1. The van der Waals surface area contributed by atoms with Crippen molar-refractivity contribution < 1.29 is 0 Å². The van der Waals surface area contributed by atoms with E-state index < -0.39 is 0 Å². The lowest BCUT2D eigenvalue weighted by Crippen LogP contribution is -1.85. The van der Waals surface area contributed by atoms with Crippen LogP contribution in [-0.4, -0.2) is 0 Å². The van der Waals surface area contributed by atoms with Crippen LogP contribution in [0.5, 0.6) is 0 Å². The Kier molecular flexibility index (Phi) is 3.48. The van der Waals surface area contributed by atoms with Crippen molar-refractivity contribution in [2.75, 3.05) is 0 Å². The maximum Gasteiger partial charge on any atom is -0.00197 e. The van der Waals surface area contributed by atoms with E-state index in [1.807, 2.05) is 0 Å². The average Bonchev–Trinajstić information content (AvgIpc) is 3.20. The highest BCUT2D eigenvalue weighted by atomic mass is 14.3. The van der Waals surface area contributed by atoms with E-state index in [4.69, 9.17) is 0 Å². The molecule has 0 aromatic heterocycles. The Labute approximate surface area is 197 Å². The minimum atomic E-state index is 1.27. The molecule has 0 unspecified atom stereocenters. The molecule has 156 valence electrons. The van der Waals surface area contributed by atoms with Gasteiger partial charge < -0.3 is 0 Å². The second kappa shape index (κ2) is 6.56. The lowest BCUT2D eigenvalue weighted by atomic mass is 9.91. The van der Waals surface area contributed by atoms with E-state index >= 15 is 0 Å². The largest absolute Gasteiger partial charge is 0.0622 e. The summed E-state index contributed by atoms with van der Waals surface area (Å²) in [5.41, 5.74) is 7.97. The van der Waals surface area contributed by atoms with Gasteiger partial charge >= 0.3 is 0 Å². The molecule has 7 aromatic rings. The van der Waals surface area contributed by atoms with Gasteiger partial charge in [-0.25, -0.2) is 0 Å². The van der Waals surface area contributed by atoms with Crippen LogP contribution < -0.4 is 0 Å². The molecule has 0 heteroatoms. The van der Waals surface area contributed by atoms with Crippen molar-refractivity contribution in [3.63, 3.8) is 0 Å². The summed E-state index contributed by atoms with van der Waals surface area (Å²) >= 11 is 0. The lowest BCUT2D eigenvalue weighted by molar-refractivity contribution is 1.66. The number of hydrogen-bond donors (Lipinski definition) is 0. The first kappa shape index (κ1) is 18.1. The molecule has 0 bridgehead atoms. The second-order valence-electron chi connectivity index (χ2n) is 9.37. The highest BCUT2D eigenvalue weighted by Crippen LogP contribution is 2.51. The summed E-state index contributed by atoms with van der Waals surface area (Å²) in [6.45, 7) is 0. The Morgan fingerprint density at radius 1 is 0.294 bits per heavy atom. The summed E-state index contributed by atoms with van der Waals surface area (Å²) in [7, 11) is 0. The van der Waals surface area contributed by atoms with E-state index in [0.29, 0.717) is 0 Å². The van der Waals surface area contributed by atoms with Gasteiger partial charge in [0.05, 0.1) is 0 Å². The van der Waals surface area contributed by atoms with Crippen molar-refractivity contribution in [2.45, 2.75) is 0 Å². The first-order chi connectivity index (χ1) is 16.8.